The van der Waals surface area contributed by atoms with E-state index < -0.39 is 0 Å². The lowest BCUT2D eigenvalue weighted by Crippen LogP contribution is -2.42. The molecule has 3 aromatic rings. The number of hydrogen-bond donors (Lipinski definition) is 2. The van der Waals surface area contributed by atoms with Crippen LogP contribution in [0.2, 0.25) is 0 Å². The lowest BCUT2D eigenvalue weighted by molar-refractivity contribution is -0.132. The second kappa shape index (κ2) is 11.2. The smallest absolute Gasteiger partial charge is 0.233 e. The highest BCUT2D eigenvalue weighted by molar-refractivity contribution is 8.01. The zero-order valence-corrected chi connectivity index (χ0v) is 20.4. The van der Waals surface area contributed by atoms with Crippen molar-refractivity contribution in [1.29, 1.82) is 0 Å². The first kappa shape index (κ1) is 23.8. The molecule has 1 saturated heterocycles. The Hall–Kier alpha value is -3.35. The lowest BCUT2D eigenvalue weighted by Gasteiger charge is -2.31. The fraction of sp³-hybridized carbons (Fsp3) is 0.280. The number of anilines is 3. The van der Waals surface area contributed by atoms with E-state index in [4.69, 9.17) is 6.42 Å². The number of carbonyl (C=O) groups excluding carboxylic acids is 2. The van der Waals surface area contributed by atoms with E-state index in [-0.39, 0.29) is 17.7 Å². The van der Waals surface area contributed by atoms with Crippen molar-refractivity contribution in [2.24, 2.45) is 5.92 Å². The van der Waals surface area contributed by atoms with E-state index in [1.54, 1.807) is 6.07 Å². The molecule has 2 N–H and O–H groups in total. The molecule has 0 saturated carbocycles. The van der Waals surface area contributed by atoms with Crippen molar-refractivity contribution in [2.45, 2.75) is 24.1 Å². The summed E-state index contributed by atoms with van der Waals surface area (Å²) >= 11 is 2.81. The highest BCUT2D eigenvalue weighted by Gasteiger charge is 2.27. The quantitative estimate of drug-likeness (QED) is 0.373. The molecule has 7 nitrogen and oxygen atoms in total. The number of rotatable bonds is 7. The molecule has 0 atom stereocenters. The predicted octanol–water partition coefficient (Wildman–Crippen LogP) is 4.54. The molecule has 34 heavy (non-hydrogen) atoms. The normalized spacial score (nSPS) is 13.8. The van der Waals surface area contributed by atoms with Crippen LogP contribution in [-0.2, 0) is 9.59 Å². The topological polar surface area (TPSA) is 87.2 Å². The number of piperidine rings is 1. The summed E-state index contributed by atoms with van der Waals surface area (Å²) < 4.78 is 0.743. The Bertz CT molecular complexity index is 1210. The predicted molar refractivity (Wildman–Crippen MR) is 137 cm³/mol. The molecule has 2 amide bonds. The van der Waals surface area contributed by atoms with E-state index in [9.17, 15) is 9.59 Å². The van der Waals surface area contributed by atoms with Gasteiger partial charge >= 0.3 is 0 Å². The Labute approximate surface area is 207 Å². The van der Waals surface area contributed by atoms with Gasteiger partial charge in [0.15, 0.2) is 4.34 Å². The molecule has 0 radical (unpaired) electrons. The number of terminal acetylenes is 1. The number of hydrogen-bond acceptors (Lipinski definition) is 7. The summed E-state index contributed by atoms with van der Waals surface area (Å²) in [6.45, 7) is 3.17. The van der Waals surface area contributed by atoms with Crippen LogP contribution in [0.3, 0.4) is 0 Å². The summed E-state index contributed by atoms with van der Waals surface area (Å²) in [5, 5.41) is 15.2. The van der Waals surface area contributed by atoms with Gasteiger partial charge in [-0.15, -0.1) is 16.6 Å². The number of likely N-dealkylation sites (tertiary alicyclic amines) is 1. The van der Waals surface area contributed by atoms with Crippen LogP contribution in [0.25, 0.3) is 0 Å². The van der Waals surface area contributed by atoms with Gasteiger partial charge in [-0.05, 0) is 55.7 Å². The number of carbonyl (C=O) groups is 2. The van der Waals surface area contributed by atoms with Gasteiger partial charge in [0.25, 0.3) is 0 Å². The van der Waals surface area contributed by atoms with Gasteiger partial charge in [0.05, 0.1) is 5.75 Å². The van der Waals surface area contributed by atoms with Gasteiger partial charge in [0.2, 0.25) is 16.9 Å². The lowest BCUT2D eigenvalue weighted by atomic mass is 9.95. The molecule has 1 aliphatic heterocycles. The van der Waals surface area contributed by atoms with Gasteiger partial charge in [-0.2, -0.15) is 0 Å². The van der Waals surface area contributed by atoms with E-state index in [0.717, 1.165) is 21.2 Å². The maximum Gasteiger partial charge on any atom is 0.233 e. The summed E-state index contributed by atoms with van der Waals surface area (Å²) in [7, 11) is 0. The molecular formula is C25H25N5O2S2. The van der Waals surface area contributed by atoms with Crippen molar-refractivity contribution in [3.63, 3.8) is 0 Å². The van der Waals surface area contributed by atoms with E-state index >= 15 is 0 Å². The first-order valence-electron chi connectivity index (χ1n) is 11.0. The Morgan fingerprint density at radius 3 is 2.68 bits per heavy atom. The van der Waals surface area contributed by atoms with Crippen LogP contribution in [0.1, 0.15) is 24.0 Å². The number of thioether (sulfide) groups is 1. The number of nitrogens with one attached hydrogen (secondary N) is 2. The second-order valence-corrected chi connectivity index (χ2v) is 10.2. The van der Waals surface area contributed by atoms with Crippen molar-refractivity contribution in [3.8, 4) is 12.3 Å². The van der Waals surface area contributed by atoms with E-state index in [2.05, 4.69) is 26.8 Å². The highest BCUT2D eigenvalue weighted by atomic mass is 32.2. The highest BCUT2D eigenvalue weighted by Crippen LogP contribution is 2.28. The van der Waals surface area contributed by atoms with E-state index in [0.29, 0.717) is 42.5 Å². The van der Waals surface area contributed by atoms with E-state index in [1.807, 2.05) is 54.3 Å². The molecule has 174 valence electrons. The van der Waals surface area contributed by atoms with Crippen LogP contribution in [0.4, 0.5) is 16.5 Å². The average Bonchev–Trinajstić information content (AvgIpc) is 3.30. The van der Waals surface area contributed by atoms with Gasteiger partial charge in [-0.25, -0.2) is 0 Å². The van der Waals surface area contributed by atoms with Gasteiger partial charge in [-0.1, -0.05) is 47.2 Å². The van der Waals surface area contributed by atoms with Crippen molar-refractivity contribution < 1.29 is 9.59 Å². The van der Waals surface area contributed by atoms with Gasteiger partial charge in [-0.3, -0.25) is 9.59 Å². The zero-order valence-electron chi connectivity index (χ0n) is 18.8. The van der Waals surface area contributed by atoms with E-state index in [1.165, 1.54) is 23.1 Å². The monoisotopic (exact) mass is 491 g/mol. The Balaban J connectivity index is 1.21. The Morgan fingerprint density at radius 2 is 1.91 bits per heavy atom. The van der Waals surface area contributed by atoms with Gasteiger partial charge < -0.3 is 15.5 Å². The summed E-state index contributed by atoms with van der Waals surface area (Å²) in [6.07, 6.45) is 6.70. The minimum atomic E-state index is -0.121. The molecule has 1 aliphatic rings. The van der Waals surface area contributed by atoms with Crippen LogP contribution < -0.4 is 10.6 Å². The summed E-state index contributed by atoms with van der Waals surface area (Å²) in [5.41, 5.74) is 3.54. The molecule has 9 heteroatoms. The van der Waals surface area contributed by atoms with Crippen molar-refractivity contribution in [3.05, 3.63) is 59.7 Å². The number of aromatic nitrogens is 2. The number of nitrogens with zero attached hydrogens (tertiary/aromatic N) is 3. The SMILES string of the molecule is C#Cc1cccc(NC(=O)C2CCN(C(=O)CSc3nnc(Nc4cccc(C)c4)s3)CC2)c1. The van der Waals surface area contributed by atoms with Crippen LogP contribution in [-0.4, -0.2) is 45.8 Å². The molecule has 1 aromatic heterocycles. The number of amides is 2. The molecule has 0 aliphatic carbocycles. The molecule has 0 unspecified atom stereocenters. The minimum Gasteiger partial charge on any atom is -0.342 e. The largest absolute Gasteiger partial charge is 0.342 e. The van der Waals surface area contributed by atoms with Gasteiger partial charge in [0.1, 0.15) is 0 Å². The maximum atomic E-state index is 12.7. The Kier molecular flexibility index (Phi) is 7.83. The molecule has 2 heterocycles. The molecule has 0 bridgehead atoms. The fourth-order valence-corrected chi connectivity index (χ4v) is 5.38. The Morgan fingerprint density at radius 1 is 1.15 bits per heavy atom. The van der Waals surface area contributed by atoms with Crippen LogP contribution in [0.15, 0.2) is 52.9 Å². The fourth-order valence-electron chi connectivity index (χ4n) is 3.70. The zero-order chi connectivity index (χ0) is 23.9. The first-order valence-corrected chi connectivity index (χ1v) is 12.8. The summed E-state index contributed by atoms with van der Waals surface area (Å²) in [6, 6.07) is 15.3. The van der Waals surface area contributed by atoms with Crippen molar-refractivity contribution in [1.82, 2.24) is 15.1 Å². The minimum absolute atomic E-state index is 0.0295. The van der Waals surface area contributed by atoms with Crippen molar-refractivity contribution >= 4 is 51.4 Å². The first-order chi connectivity index (χ1) is 16.5. The third-order valence-corrected chi connectivity index (χ3v) is 7.47. The molecule has 4 rings (SSSR count). The summed E-state index contributed by atoms with van der Waals surface area (Å²) in [5.74, 6) is 2.77. The van der Waals surface area contributed by atoms with Crippen LogP contribution in [0.5, 0.6) is 0 Å². The molecular weight excluding hydrogens is 466 g/mol. The number of aryl methyl sites for hydroxylation is 1. The standard InChI is InChI=1S/C25H25N5O2S2/c1-3-18-7-5-9-21(15-18)26-23(32)19-10-12-30(13-11-19)22(31)16-33-25-29-28-24(34-25)27-20-8-4-6-17(2)14-20/h1,4-9,14-15,19H,10-13,16H2,2H3,(H,26,32)(H,27,28). The average molecular weight is 492 g/mol. The van der Waals surface area contributed by atoms with Crippen LogP contribution >= 0.6 is 23.1 Å². The second-order valence-electron chi connectivity index (χ2n) is 8.03. The van der Waals surface area contributed by atoms with Crippen molar-refractivity contribution in [2.75, 3.05) is 29.5 Å². The third kappa shape index (κ3) is 6.37. The van der Waals surface area contributed by atoms with Gasteiger partial charge in [0, 0.05) is 35.9 Å². The summed E-state index contributed by atoms with van der Waals surface area (Å²) in [4.78, 5) is 27.1. The number of benzene rings is 2. The third-order valence-electron chi connectivity index (χ3n) is 5.51. The molecule has 2 aromatic carbocycles. The maximum absolute atomic E-state index is 12.7. The van der Waals surface area contributed by atoms with Crippen LogP contribution in [0, 0.1) is 25.2 Å². The molecule has 0 spiro atoms. The molecule has 1 fully saturated rings.